The first-order valence-electron chi connectivity index (χ1n) is 14.5. The van der Waals surface area contributed by atoms with Crippen molar-refractivity contribution in [2.45, 2.75) is 104 Å². The molecule has 0 aromatic rings. The third-order valence-corrected chi connectivity index (χ3v) is 8.06. The summed E-state index contributed by atoms with van der Waals surface area (Å²) in [5.74, 6) is 0.378. The standard InChI is InChI=1S/C27H44O/c1-19(2)8-6-9-21(4)25-15-16-26-22(10-7-17-27(25,26)5)12-13-23-18-24(28)14-11-20(23)3/h12-13,19,21,24-26,28H,3,6-11,14-18H2,1-2,4-5H3/t21-,24+,25-,26+,27-/m1/s1/i1D3,2D3. The van der Waals surface area contributed by atoms with Crippen molar-refractivity contribution in [3.8, 4) is 0 Å². The number of rotatable bonds is 6. The first kappa shape index (κ1) is 15.1. The Kier molecular flexibility index (Phi) is 5.02. The molecule has 3 saturated carbocycles. The molecule has 0 radical (unpaired) electrons. The van der Waals surface area contributed by atoms with Crippen LogP contribution < -0.4 is 0 Å². The Morgan fingerprint density at radius 2 is 2.04 bits per heavy atom. The van der Waals surface area contributed by atoms with Gasteiger partial charge in [-0.1, -0.05) is 76.7 Å². The number of fused-ring (bicyclic) bond motifs is 1. The smallest absolute Gasteiger partial charge is 0.0583 e. The molecule has 0 aromatic heterocycles. The van der Waals surface area contributed by atoms with Gasteiger partial charge in [0, 0.05) is 8.22 Å². The SMILES string of the molecule is [2H]C([2H])([2H])C(CCC[C@@H](C)[C@H]1CC[C@H]2C(=CC=C3C[C@@H](O)CCC3=C)CCC[C@]12C)C([2H])([2H])[2H]. The van der Waals surface area contributed by atoms with Gasteiger partial charge in [-0.15, -0.1) is 0 Å². The van der Waals surface area contributed by atoms with E-state index < -0.39 is 19.6 Å². The highest BCUT2D eigenvalue weighted by Gasteiger charge is 2.50. The predicted molar refractivity (Wildman–Crippen MR) is 121 cm³/mol. The molecule has 3 aliphatic rings. The van der Waals surface area contributed by atoms with Gasteiger partial charge in [-0.05, 0) is 86.0 Å². The van der Waals surface area contributed by atoms with Gasteiger partial charge in [-0.3, -0.25) is 0 Å². The molecule has 0 spiro atoms. The second-order valence-corrected chi connectivity index (χ2v) is 9.99. The molecule has 0 unspecified atom stereocenters. The maximum atomic E-state index is 10.1. The summed E-state index contributed by atoms with van der Waals surface area (Å²) in [4.78, 5) is 0. The highest BCUT2D eigenvalue weighted by atomic mass is 16.3. The fourth-order valence-electron chi connectivity index (χ4n) is 6.45. The quantitative estimate of drug-likeness (QED) is 0.494. The average molecular weight is 391 g/mol. The molecule has 1 heteroatoms. The molecule has 1 nitrogen and oxygen atoms in total. The van der Waals surface area contributed by atoms with Gasteiger partial charge in [-0.25, -0.2) is 0 Å². The Labute approximate surface area is 182 Å². The van der Waals surface area contributed by atoms with Crippen molar-refractivity contribution < 1.29 is 13.3 Å². The van der Waals surface area contributed by atoms with E-state index in [4.69, 9.17) is 8.22 Å². The fraction of sp³-hybridized carbons (Fsp3) is 0.778. The van der Waals surface area contributed by atoms with E-state index in [-0.39, 0.29) is 17.9 Å². The van der Waals surface area contributed by atoms with Crippen LogP contribution in [0.3, 0.4) is 0 Å². The van der Waals surface area contributed by atoms with Gasteiger partial charge in [0.25, 0.3) is 0 Å². The van der Waals surface area contributed by atoms with Crippen LogP contribution in [-0.4, -0.2) is 11.2 Å². The number of hydrogen-bond acceptors (Lipinski definition) is 1. The van der Waals surface area contributed by atoms with Crippen LogP contribution in [0.15, 0.2) is 35.5 Å². The summed E-state index contributed by atoms with van der Waals surface area (Å²) < 4.78 is 45.9. The van der Waals surface area contributed by atoms with Crippen molar-refractivity contribution in [3.63, 3.8) is 0 Å². The lowest BCUT2D eigenvalue weighted by Gasteiger charge is -2.44. The molecule has 3 aliphatic carbocycles. The lowest BCUT2D eigenvalue weighted by molar-refractivity contribution is 0.0929. The first-order chi connectivity index (χ1) is 15.7. The molecule has 0 aliphatic heterocycles. The van der Waals surface area contributed by atoms with Gasteiger partial charge in [0.05, 0.1) is 6.10 Å². The molecule has 28 heavy (non-hydrogen) atoms. The maximum Gasteiger partial charge on any atom is 0.0583 e. The lowest BCUT2D eigenvalue weighted by atomic mass is 9.60. The van der Waals surface area contributed by atoms with Crippen LogP contribution in [0.2, 0.25) is 0 Å². The highest BCUT2D eigenvalue weighted by molar-refractivity contribution is 5.36. The predicted octanol–water partition coefficient (Wildman–Crippen LogP) is 7.62. The zero-order chi connectivity index (χ0) is 25.3. The van der Waals surface area contributed by atoms with Crippen LogP contribution in [0, 0.1) is 29.1 Å². The summed E-state index contributed by atoms with van der Waals surface area (Å²) in [7, 11) is 0. The molecule has 0 amide bonds. The van der Waals surface area contributed by atoms with Gasteiger partial charge in [0.15, 0.2) is 0 Å². The summed E-state index contributed by atoms with van der Waals surface area (Å²) >= 11 is 0. The summed E-state index contributed by atoms with van der Waals surface area (Å²) in [6.45, 7) is 4.06. The van der Waals surface area contributed by atoms with Gasteiger partial charge < -0.3 is 5.11 Å². The third-order valence-electron chi connectivity index (χ3n) is 8.06. The van der Waals surface area contributed by atoms with Crippen LogP contribution in [-0.2, 0) is 0 Å². The molecule has 0 aromatic carbocycles. The first-order valence-corrected chi connectivity index (χ1v) is 11.5. The minimum atomic E-state index is -2.43. The topological polar surface area (TPSA) is 20.2 Å². The minimum Gasteiger partial charge on any atom is -0.393 e. The van der Waals surface area contributed by atoms with E-state index in [2.05, 4.69) is 32.6 Å². The van der Waals surface area contributed by atoms with Gasteiger partial charge in [0.1, 0.15) is 0 Å². The molecule has 3 rings (SSSR count). The van der Waals surface area contributed by atoms with Crippen LogP contribution in [0.5, 0.6) is 0 Å². The van der Waals surface area contributed by atoms with Crippen molar-refractivity contribution in [2.75, 3.05) is 0 Å². The largest absolute Gasteiger partial charge is 0.393 e. The Morgan fingerprint density at radius 3 is 2.82 bits per heavy atom. The van der Waals surface area contributed by atoms with Crippen molar-refractivity contribution in [2.24, 2.45) is 29.1 Å². The van der Waals surface area contributed by atoms with Gasteiger partial charge in [-0.2, -0.15) is 0 Å². The summed E-state index contributed by atoms with van der Waals surface area (Å²) in [6.07, 6.45) is 14.4. The highest BCUT2D eigenvalue weighted by Crippen LogP contribution is 2.59. The van der Waals surface area contributed by atoms with Crippen LogP contribution in [0.4, 0.5) is 0 Å². The molecule has 1 N–H and O–H groups in total. The second kappa shape index (κ2) is 9.33. The second-order valence-electron chi connectivity index (χ2n) is 9.99. The van der Waals surface area contributed by atoms with E-state index in [1.54, 1.807) is 0 Å². The minimum absolute atomic E-state index is 0.235. The Balaban J connectivity index is 1.65. The Morgan fingerprint density at radius 1 is 1.21 bits per heavy atom. The normalized spacial score (nSPS) is 41.7. The number of allylic oxidation sites excluding steroid dienone is 4. The van der Waals surface area contributed by atoms with Crippen LogP contribution in [0.1, 0.15) is 106 Å². The van der Waals surface area contributed by atoms with Crippen LogP contribution in [0.25, 0.3) is 0 Å². The monoisotopic (exact) mass is 390 g/mol. The molecule has 158 valence electrons. The van der Waals surface area contributed by atoms with Crippen LogP contribution >= 0.6 is 0 Å². The lowest BCUT2D eigenvalue weighted by Crippen LogP contribution is -2.36. The van der Waals surface area contributed by atoms with E-state index in [0.717, 1.165) is 31.3 Å². The summed E-state index contributed by atoms with van der Waals surface area (Å²) in [6, 6.07) is 0. The number of aliphatic hydroxyl groups excluding tert-OH is 1. The molecule has 0 saturated heterocycles. The number of hydrogen-bond donors (Lipinski definition) is 1. The molecule has 3 fully saturated rings. The fourth-order valence-corrected chi connectivity index (χ4v) is 6.45. The maximum absolute atomic E-state index is 10.1. The zero-order valence-electron chi connectivity index (χ0n) is 24.0. The third kappa shape index (κ3) is 4.84. The molecular weight excluding hydrogens is 340 g/mol. The summed E-state index contributed by atoms with van der Waals surface area (Å²) in [5.41, 5.74) is 4.14. The van der Waals surface area contributed by atoms with Crippen molar-refractivity contribution in [3.05, 3.63) is 35.5 Å². The van der Waals surface area contributed by atoms with Crippen molar-refractivity contribution in [1.82, 2.24) is 0 Å². The molecule has 5 atom stereocenters. The van der Waals surface area contributed by atoms with Gasteiger partial charge >= 0.3 is 0 Å². The van der Waals surface area contributed by atoms with E-state index in [1.165, 1.54) is 36.8 Å². The summed E-state index contributed by atoms with van der Waals surface area (Å²) in [5, 5.41) is 10.1. The molecule has 0 heterocycles. The Hall–Kier alpha value is -0.820. The van der Waals surface area contributed by atoms with E-state index in [1.807, 2.05) is 0 Å². The van der Waals surface area contributed by atoms with Crippen molar-refractivity contribution >= 4 is 0 Å². The molecule has 0 bridgehead atoms. The van der Waals surface area contributed by atoms with Gasteiger partial charge in [0.2, 0.25) is 0 Å². The zero-order valence-corrected chi connectivity index (χ0v) is 18.0. The van der Waals surface area contributed by atoms with E-state index >= 15 is 0 Å². The Bertz CT molecular complexity index is 778. The van der Waals surface area contributed by atoms with E-state index in [9.17, 15) is 5.11 Å². The molecular formula is C27H44O. The number of aliphatic hydroxyl groups is 1. The van der Waals surface area contributed by atoms with E-state index in [0.29, 0.717) is 30.6 Å². The average Bonchev–Trinajstić information content (AvgIpc) is 3.07. The van der Waals surface area contributed by atoms with Crippen molar-refractivity contribution in [1.29, 1.82) is 0 Å².